The first-order valence-corrected chi connectivity index (χ1v) is 24.5. The number of nitro groups is 1. The number of nitro benzene ring substituents is 1. The molecule has 332 valence electrons. The Morgan fingerprint density at radius 2 is 1.71 bits per heavy atom. The Morgan fingerprint density at radius 3 is 2.44 bits per heavy atom. The van der Waals surface area contributed by atoms with E-state index in [2.05, 4.69) is 40.7 Å². The number of allylic oxidation sites excluding steroid dienone is 1. The highest BCUT2D eigenvalue weighted by molar-refractivity contribution is 7.92. The number of sulfone groups is 1. The van der Waals surface area contributed by atoms with E-state index in [0.717, 1.165) is 69.1 Å². The summed E-state index contributed by atoms with van der Waals surface area (Å²) in [5, 5.41) is 16.3. The Kier molecular flexibility index (Phi) is 10.2. The van der Waals surface area contributed by atoms with E-state index in [-0.39, 0.29) is 34.6 Å². The van der Waals surface area contributed by atoms with E-state index in [1.807, 2.05) is 24.3 Å². The highest BCUT2D eigenvalue weighted by atomic mass is 32.2. The third-order valence-corrected chi connectivity index (χ3v) is 17.0. The van der Waals surface area contributed by atoms with E-state index in [4.69, 9.17) is 4.98 Å². The Bertz CT molecular complexity index is 2770. The second-order valence-electron chi connectivity index (χ2n) is 20.8. The highest BCUT2D eigenvalue weighted by Crippen LogP contribution is 2.77. The molecule has 63 heavy (non-hydrogen) atoms. The second-order valence-corrected chi connectivity index (χ2v) is 22.8. The molecule has 3 aromatic heterocycles. The summed E-state index contributed by atoms with van der Waals surface area (Å²) < 4.78 is 45.1. The molecule has 11 rings (SSSR count). The van der Waals surface area contributed by atoms with Gasteiger partial charge in [-0.3, -0.25) is 29.6 Å². The molecule has 1 N–H and O–H groups in total. The summed E-state index contributed by atoms with van der Waals surface area (Å²) in [7, 11) is -4.33. The minimum Gasteiger partial charge on any atom is -0.369 e. The predicted octanol–water partition coefficient (Wildman–Crippen LogP) is 9.89. The summed E-state index contributed by atoms with van der Waals surface area (Å²) in [6.07, 6.45) is 14.8. The number of anilines is 1. The number of piperazine rings is 1. The van der Waals surface area contributed by atoms with Crippen LogP contribution in [0.1, 0.15) is 114 Å². The normalized spacial score (nSPS) is 24.7. The molecule has 1 aliphatic heterocycles. The fourth-order valence-corrected chi connectivity index (χ4v) is 13.4. The topological polar surface area (TPSA) is 147 Å². The first kappa shape index (κ1) is 42.0. The molecule has 5 aliphatic carbocycles. The first-order chi connectivity index (χ1) is 30.0. The molecule has 6 aliphatic rings. The third kappa shape index (κ3) is 7.89. The van der Waals surface area contributed by atoms with Gasteiger partial charge in [-0.15, -0.1) is 0 Å². The van der Waals surface area contributed by atoms with E-state index in [1.165, 1.54) is 50.7 Å². The van der Waals surface area contributed by atoms with Crippen LogP contribution in [-0.4, -0.2) is 87.9 Å². The van der Waals surface area contributed by atoms with Gasteiger partial charge in [0.1, 0.15) is 16.9 Å². The number of rotatable bonds is 13. The standard InChI is InChI=1S/C49H58FN7O5S/c1-46(2)16-11-35(39(26-46)48-30-47(3,31-48)32-48)28-54-19-21-55(22-20-54)36-8-10-38(42(24-36)56-43-23-34-13-18-51-45(34)53-40(43)27-52-56)44(58)29-63(61,62)37-9-7-33(41(25-37)57(59)60)12-17-49(50)14-5-4-6-15-49/h7-10,13,18,23-25,27,52H,4-6,11-12,14-17,19-22,26,28-32H2,1-3H3. The van der Waals surface area contributed by atoms with Crippen molar-refractivity contribution in [2.45, 2.75) is 115 Å². The van der Waals surface area contributed by atoms with E-state index >= 15 is 4.39 Å². The number of pyridine rings is 1. The molecule has 4 saturated carbocycles. The molecule has 12 nitrogen and oxygen atoms in total. The van der Waals surface area contributed by atoms with Crippen molar-refractivity contribution in [2.24, 2.45) is 16.2 Å². The van der Waals surface area contributed by atoms with Gasteiger partial charge in [0, 0.05) is 73.4 Å². The predicted molar refractivity (Wildman–Crippen MR) is 243 cm³/mol. The van der Waals surface area contributed by atoms with Gasteiger partial charge in [-0.25, -0.2) is 22.8 Å². The maximum absolute atomic E-state index is 15.4. The van der Waals surface area contributed by atoms with Crippen LogP contribution in [0.3, 0.4) is 0 Å². The average molecular weight is 876 g/mol. The molecule has 0 atom stereocenters. The number of hydrogen-bond donors (Lipinski definition) is 1. The number of nitrogens with one attached hydrogen (secondary N) is 1. The number of ketones is 1. The Hall–Kier alpha value is -4.95. The van der Waals surface area contributed by atoms with Crippen molar-refractivity contribution in [3.63, 3.8) is 0 Å². The maximum Gasteiger partial charge on any atom is 0.273 e. The largest absolute Gasteiger partial charge is 0.369 e. The van der Waals surface area contributed by atoms with Crippen LogP contribution in [0, 0.1) is 26.4 Å². The monoisotopic (exact) mass is 875 g/mol. The van der Waals surface area contributed by atoms with Crippen LogP contribution < -0.4 is 4.90 Å². The number of aromatic nitrogens is 4. The lowest BCUT2D eigenvalue weighted by Gasteiger charge is -2.72. The van der Waals surface area contributed by atoms with Gasteiger partial charge in [-0.2, -0.15) is 0 Å². The van der Waals surface area contributed by atoms with Crippen molar-refractivity contribution < 1.29 is 22.5 Å². The minimum atomic E-state index is -4.33. The van der Waals surface area contributed by atoms with Crippen LogP contribution in [0.4, 0.5) is 15.8 Å². The smallest absolute Gasteiger partial charge is 0.273 e. The van der Waals surface area contributed by atoms with E-state index in [1.54, 1.807) is 34.3 Å². The zero-order chi connectivity index (χ0) is 43.9. The van der Waals surface area contributed by atoms with Crippen molar-refractivity contribution in [2.75, 3.05) is 43.4 Å². The summed E-state index contributed by atoms with van der Waals surface area (Å²) in [6.45, 7) is 11.8. The van der Waals surface area contributed by atoms with Crippen LogP contribution in [0.25, 0.3) is 27.8 Å². The maximum atomic E-state index is 15.4. The summed E-state index contributed by atoms with van der Waals surface area (Å²) in [5.41, 5.74) is 6.85. The van der Waals surface area contributed by atoms with Crippen LogP contribution >= 0.6 is 0 Å². The molecule has 0 amide bonds. The summed E-state index contributed by atoms with van der Waals surface area (Å²) in [4.78, 5) is 39.6. The lowest BCUT2D eigenvalue weighted by molar-refractivity contribution is -0.385. The lowest BCUT2D eigenvalue weighted by Crippen LogP contribution is -2.61. The average Bonchev–Trinajstić information content (AvgIpc) is 3.87. The molecule has 14 heteroatoms. The van der Waals surface area contributed by atoms with Crippen LogP contribution in [0.15, 0.2) is 77.0 Å². The molecule has 2 aromatic carbocycles. The van der Waals surface area contributed by atoms with Crippen LogP contribution in [0.2, 0.25) is 0 Å². The molecule has 5 fully saturated rings. The van der Waals surface area contributed by atoms with E-state index in [9.17, 15) is 23.3 Å². The molecule has 4 heterocycles. The summed E-state index contributed by atoms with van der Waals surface area (Å²) in [6, 6.07) is 13.1. The SMILES string of the molecule is CC1(C)CCC(CN2CCN(c3ccc(C(=O)CS(=O)(=O)c4ccc(CCC5(F)CCCCC5)c([N+](=O)[O-])c4)c(-n4[nH]cc5nc6nccc6cc54)c3)CC2)=C(C23CC(C)(C2)C3)C1. The Balaban J connectivity index is 0.908. The molecular formula is C49H58FN7O5S. The molecule has 0 radical (unpaired) electrons. The fraction of sp³-hybridized carbons (Fsp3) is 0.531. The number of aromatic amines is 1. The second kappa shape index (κ2) is 15.4. The first-order valence-electron chi connectivity index (χ1n) is 22.9. The van der Waals surface area contributed by atoms with Crippen molar-refractivity contribution >= 4 is 49.1 Å². The third-order valence-electron chi connectivity index (χ3n) is 15.4. The number of benzene rings is 2. The molecular weight excluding hydrogens is 818 g/mol. The Morgan fingerprint density at radius 1 is 0.952 bits per heavy atom. The number of aryl methyl sites for hydroxylation is 1. The van der Waals surface area contributed by atoms with Gasteiger partial charge < -0.3 is 4.90 Å². The van der Waals surface area contributed by atoms with Gasteiger partial charge in [0.15, 0.2) is 21.3 Å². The van der Waals surface area contributed by atoms with E-state index < -0.39 is 32.0 Å². The van der Waals surface area contributed by atoms with Crippen LogP contribution in [-0.2, 0) is 16.3 Å². The van der Waals surface area contributed by atoms with Gasteiger partial charge in [0.05, 0.1) is 21.0 Å². The number of halogens is 1. The van der Waals surface area contributed by atoms with Crippen molar-refractivity contribution in [3.05, 3.63) is 93.3 Å². The fourth-order valence-electron chi connectivity index (χ4n) is 12.1. The number of nitrogens with zero attached hydrogens (tertiary/aromatic N) is 6. The highest BCUT2D eigenvalue weighted by Gasteiger charge is 2.66. The summed E-state index contributed by atoms with van der Waals surface area (Å²) in [5.74, 6) is -1.55. The van der Waals surface area contributed by atoms with E-state index in [0.29, 0.717) is 51.5 Å². The molecule has 0 spiro atoms. The van der Waals surface area contributed by atoms with Gasteiger partial charge in [0.2, 0.25) is 0 Å². The molecule has 1 saturated heterocycles. The number of carbonyl (C=O) groups excluding carboxylic acids is 1. The number of carbonyl (C=O) groups is 1. The number of fused-ring (bicyclic) bond motifs is 2. The molecule has 5 aromatic rings. The molecule has 0 unspecified atom stereocenters. The van der Waals surface area contributed by atoms with Gasteiger partial charge in [-0.1, -0.05) is 57.2 Å². The number of hydrogen-bond acceptors (Lipinski definition) is 9. The minimum absolute atomic E-state index is 0.123. The van der Waals surface area contributed by atoms with Crippen molar-refractivity contribution in [3.8, 4) is 5.69 Å². The van der Waals surface area contributed by atoms with Gasteiger partial charge >= 0.3 is 0 Å². The van der Waals surface area contributed by atoms with Crippen LogP contribution in [0.5, 0.6) is 0 Å². The quantitative estimate of drug-likeness (QED) is 0.0528. The van der Waals surface area contributed by atoms with Gasteiger partial charge in [0.25, 0.3) is 5.69 Å². The number of H-pyrrole nitrogens is 1. The number of alkyl halides is 1. The Labute approximate surface area is 368 Å². The number of Topliss-reactive ketones (excluding diaryl/α,β-unsaturated/α-hetero) is 1. The van der Waals surface area contributed by atoms with Crippen molar-refractivity contribution in [1.29, 1.82) is 0 Å². The zero-order valence-electron chi connectivity index (χ0n) is 36.7. The zero-order valence-corrected chi connectivity index (χ0v) is 37.5. The lowest BCUT2D eigenvalue weighted by atomic mass is 9.33. The van der Waals surface area contributed by atoms with Crippen molar-refractivity contribution in [1.82, 2.24) is 24.6 Å². The summed E-state index contributed by atoms with van der Waals surface area (Å²) >= 11 is 0. The molecule has 2 bridgehead atoms. The van der Waals surface area contributed by atoms with Gasteiger partial charge in [-0.05, 0) is 117 Å².